The first-order valence-corrected chi connectivity index (χ1v) is 30.2. The van der Waals surface area contributed by atoms with E-state index in [4.69, 9.17) is 75.8 Å². The van der Waals surface area contributed by atoms with Crippen molar-refractivity contribution in [3.05, 3.63) is 144 Å². The van der Waals surface area contributed by atoms with E-state index in [1.165, 1.54) is 81.1 Å². The number of hydrogen-bond donors (Lipinski definition) is 0. The SMILES string of the molecule is CCS[C@@H]1O[C@@H](C)[C@H](OC(=O)c2ccccc2)[C@@H](O[C@@H]2O[C@@H](C)[C@H](OC(=O)c3ccccc3)[C@@H](O[C@@H]3O[C@@H](C)[C@H](OC(=O)c4ccccc4)[C@@H](O[C@@H]4O[C@@H](C)[C@H](OC(C)=O)[C@@H](OC(C)=O)[C@H]4OC(C)=O)[C@H]3OC(=O)c3ccccc3)[C@H]2OC(C)=O)[C@H]1OC(C)=O. The van der Waals surface area contributed by atoms with Crippen molar-refractivity contribution in [3.63, 3.8) is 0 Å². The molecule has 4 fully saturated rings. The summed E-state index contributed by atoms with van der Waals surface area (Å²) in [5, 5.41) is 0. The zero-order chi connectivity index (χ0) is 64.9. The van der Waals surface area contributed by atoms with Gasteiger partial charge in [-0.3, -0.25) is 24.0 Å². The molecule has 0 amide bonds. The largest absolute Gasteiger partial charge is 0.456 e. The van der Waals surface area contributed by atoms with Crippen LogP contribution in [0.15, 0.2) is 121 Å². The van der Waals surface area contributed by atoms with Gasteiger partial charge in [0.25, 0.3) is 0 Å². The summed E-state index contributed by atoms with van der Waals surface area (Å²) in [6.45, 7) is 13.3. The fraction of sp³-hybridized carbons (Fsp3) is 0.484. The molecule has 4 aliphatic rings. The Morgan fingerprint density at radius 3 is 0.856 bits per heavy atom. The number of thioether (sulfide) groups is 1. The molecule has 90 heavy (non-hydrogen) atoms. The number of carbonyl (C=O) groups excluding carboxylic acids is 9. The molecule has 26 heteroatoms. The van der Waals surface area contributed by atoms with Gasteiger partial charge in [-0.2, -0.15) is 0 Å². The van der Waals surface area contributed by atoms with Gasteiger partial charge in [0.2, 0.25) is 0 Å². The summed E-state index contributed by atoms with van der Waals surface area (Å²) in [4.78, 5) is 123. The van der Waals surface area contributed by atoms with E-state index in [-0.39, 0.29) is 22.3 Å². The summed E-state index contributed by atoms with van der Waals surface area (Å²) in [6.07, 6.45) is -30.5. The third-order valence-electron chi connectivity index (χ3n) is 14.6. The van der Waals surface area contributed by atoms with E-state index < -0.39 is 176 Å². The number of carbonyl (C=O) groups is 9. The fourth-order valence-corrected chi connectivity index (χ4v) is 11.7. The number of hydrogen-bond acceptors (Lipinski definition) is 26. The third-order valence-corrected chi connectivity index (χ3v) is 15.7. The smallest absolute Gasteiger partial charge is 0.338 e. The summed E-state index contributed by atoms with van der Waals surface area (Å²) in [5.41, 5.74) is -0.701. The quantitative estimate of drug-likeness (QED) is 0.0640. The molecule has 0 bridgehead atoms. The third kappa shape index (κ3) is 17.2. The van der Waals surface area contributed by atoms with Gasteiger partial charge in [0, 0.05) is 34.6 Å². The Labute approximate surface area is 523 Å². The molecule has 4 heterocycles. The zero-order valence-corrected chi connectivity index (χ0v) is 51.7. The van der Waals surface area contributed by atoms with Gasteiger partial charge in [0.1, 0.15) is 23.7 Å². The number of rotatable bonds is 21. The average molecular weight is 1270 g/mol. The van der Waals surface area contributed by atoms with E-state index in [9.17, 15) is 43.2 Å². The molecule has 4 aromatic carbocycles. The molecule has 4 aliphatic heterocycles. The summed E-state index contributed by atoms with van der Waals surface area (Å²) in [5.74, 6) is -7.65. The fourth-order valence-electron chi connectivity index (χ4n) is 10.8. The lowest BCUT2D eigenvalue weighted by Gasteiger charge is -2.51. The summed E-state index contributed by atoms with van der Waals surface area (Å²) >= 11 is 1.25. The van der Waals surface area contributed by atoms with Crippen LogP contribution in [0.5, 0.6) is 0 Å². The molecular weight excluding hydrogens is 1200 g/mol. The van der Waals surface area contributed by atoms with Crippen molar-refractivity contribution in [2.75, 3.05) is 5.75 Å². The molecular formula is C64H72O25S. The van der Waals surface area contributed by atoms with Gasteiger partial charge in [-0.25, -0.2) is 19.2 Å². The Morgan fingerprint density at radius 1 is 0.311 bits per heavy atom. The number of benzene rings is 4. The average Bonchev–Trinajstić information content (AvgIpc) is 1.01. The maximum atomic E-state index is 14.7. The summed E-state index contributed by atoms with van der Waals surface area (Å²) < 4.78 is 101. The van der Waals surface area contributed by atoms with Crippen LogP contribution in [0.2, 0.25) is 0 Å². The second kappa shape index (κ2) is 31.3. The minimum atomic E-state index is -2.00. The van der Waals surface area contributed by atoms with Crippen LogP contribution in [-0.4, -0.2) is 181 Å². The highest BCUT2D eigenvalue weighted by Gasteiger charge is 2.60. The van der Waals surface area contributed by atoms with Crippen molar-refractivity contribution in [1.82, 2.24) is 0 Å². The summed E-state index contributed by atoms with van der Waals surface area (Å²) in [6, 6.07) is 31.2. The monoisotopic (exact) mass is 1270 g/mol. The van der Waals surface area contributed by atoms with Gasteiger partial charge in [0.15, 0.2) is 73.8 Å². The number of ether oxygens (including phenoxy) is 16. The van der Waals surface area contributed by atoms with Gasteiger partial charge < -0.3 is 75.8 Å². The zero-order valence-electron chi connectivity index (χ0n) is 50.9. The minimum absolute atomic E-state index is 0.0263. The first-order chi connectivity index (χ1) is 43.0. The van der Waals surface area contributed by atoms with E-state index in [0.29, 0.717) is 5.75 Å². The molecule has 0 unspecified atom stereocenters. The molecule has 25 nitrogen and oxygen atoms in total. The molecule has 0 saturated carbocycles. The highest BCUT2D eigenvalue weighted by atomic mass is 32.2. The van der Waals surface area contributed by atoms with E-state index in [1.54, 1.807) is 79.7 Å². The van der Waals surface area contributed by atoms with Crippen molar-refractivity contribution in [2.45, 2.75) is 191 Å². The normalized spacial score (nSPS) is 31.4. The van der Waals surface area contributed by atoms with Crippen LogP contribution in [-0.2, 0) is 99.8 Å². The van der Waals surface area contributed by atoms with Crippen molar-refractivity contribution in [1.29, 1.82) is 0 Å². The molecule has 0 aliphatic carbocycles. The molecule has 484 valence electrons. The van der Waals surface area contributed by atoms with Crippen molar-refractivity contribution in [3.8, 4) is 0 Å². The van der Waals surface area contributed by atoms with Crippen molar-refractivity contribution in [2.24, 2.45) is 0 Å². The molecule has 8 rings (SSSR count). The molecule has 20 atom stereocenters. The van der Waals surface area contributed by atoms with Crippen molar-refractivity contribution < 1.29 is 119 Å². The predicted octanol–water partition coefficient (Wildman–Crippen LogP) is 6.44. The Balaban J connectivity index is 1.29. The second-order valence-corrected chi connectivity index (χ2v) is 22.8. The van der Waals surface area contributed by atoms with E-state index in [2.05, 4.69) is 0 Å². The minimum Gasteiger partial charge on any atom is -0.456 e. The van der Waals surface area contributed by atoms with Gasteiger partial charge in [-0.05, 0) is 82.0 Å². The van der Waals surface area contributed by atoms with E-state index in [1.807, 2.05) is 6.92 Å². The Morgan fingerprint density at radius 2 is 0.544 bits per heavy atom. The van der Waals surface area contributed by atoms with Gasteiger partial charge in [0.05, 0.1) is 46.7 Å². The van der Waals surface area contributed by atoms with Crippen LogP contribution >= 0.6 is 11.8 Å². The molecule has 0 spiro atoms. The van der Waals surface area contributed by atoms with Crippen LogP contribution in [0.1, 0.15) is 111 Å². The Kier molecular flexibility index (Phi) is 23.7. The maximum absolute atomic E-state index is 14.7. The van der Waals surface area contributed by atoms with Crippen LogP contribution in [0.4, 0.5) is 0 Å². The van der Waals surface area contributed by atoms with Crippen LogP contribution in [0, 0.1) is 0 Å². The lowest BCUT2D eigenvalue weighted by molar-refractivity contribution is -0.379. The van der Waals surface area contributed by atoms with Crippen LogP contribution in [0.25, 0.3) is 0 Å². The first-order valence-electron chi connectivity index (χ1n) is 29.1. The van der Waals surface area contributed by atoms with Crippen LogP contribution in [0.3, 0.4) is 0 Å². The topological polar surface area (TPSA) is 301 Å². The van der Waals surface area contributed by atoms with Crippen LogP contribution < -0.4 is 0 Å². The predicted molar refractivity (Wildman–Crippen MR) is 310 cm³/mol. The molecule has 0 aromatic heterocycles. The van der Waals surface area contributed by atoms with E-state index >= 15 is 0 Å². The second-order valence-electron chi connectivity index (χ2n) is 21.4. The highest BCUT2D eigenvalue weighted by molar-refractivity contribution is 7.99. The lowest BCUT2D eigenvalue weighted by Crippen LogP contribution is -2.68. The molecule has 0 N–H and O–H groups in total. The first kappa shape index (κ1) is 68.1. The lowest BCUT2D eigenvalue weighted by atomic mass is 9.95. The number of esters is 9. The van der Waals surface area contributed by atoms with E-state index in [0.717, 1.165) is 34.6 Å². The molecule has 0 radical (unpaired) electrons. The molecule has 4 saturated heterocycles. The van der Waals surface area contributed by atoms with Gasteiger partial charge >= 0.3 is 53.7 Å². The summed E-state index contributed by atoms with van der Waals surface area (Å²) in [7, 11) is 0. The standard InChI is InChI=1S/C64H72O25S/c1-11-90-64-56(82-40(10)69)52(48(35(5)77-64)85-59(72)43-28-20-14-21-29-43)89-62-54(81-39(9)68)50(46(33(3)75-62)83-57(70)41-24-16-12-17-25-41)87-63-55(86-60(73)44-30-22-15-23-31-44)51(47(34(4)76-63)84-58(71)42-26-18-13-19-27-42)88-61-53(80-38(8)67)49(79-37(7)66)45(32(2)74-61)78-36(6)65/h12-35,45-56,61-64H,11H2,1-10H3/t32-,33-,34-,35-,45-,46-,47-,48-,49+,50+,51+,52+,53+,54+,55+,56+,61-,62-,63-,64-/m0/s1. The highest BCUT2D eigenvalue weighted by Crippen LogP contribution is 2.41. The Bertz CT molecular complexity index is 3120. The Hall–Kier alpha value is -7.82. The maximum Gasteiger partial charge on any atom is 0.338 e. The molecule has 4 aromatic rings. The van der Waals surface area contributed by atoms with Gasteiger partial charge in [-0.15, -0.1) is 11.8 Å². The van der Waals surface area contributed by atoms with Crippen molar-refractivity contribution >= 4 is 65.5 Å². The van der Waals surface area contributed by atoms with Gasteiger partial charge in [-0.1, -0.05) is 79.7 Å².